The zero-order valence-corrected chi connectivity index (χ0v) is 18.1. The highest BCUT2D eigenvalue weighted by Gasteiger charge is 2.24. The lowest BCUT2D eigenvalue weighted by molar-refractivity contribution is 0.0951. The van der Waals surface area contributed by atoms with Crippen LogP contribution in [0.3, 0.4) is 0 Å². The third-order valence-electron chi connectivity index (χ3n) is 4.83. The van der Waals surface area contributed by atoms with E-state index in [2.05, 4.69) is 5.32 Å². The quantitative estimate of drug-likeness (QED) is 0.522. The fourth-order valence-electron chi connectivity index (χ4n) is 3.08. The van der Waals surface area contributed by atoms with Crippen molar-refractivity contribution in [1.82, 2.24) is 5.32 Å². The van der Waals surface area contributed by atoms with Crippen LogP contribution in [0.2, 0.25) is 0 Å². The molecule has 31 heavy (non-hydrogen) atoms. The fourth-order valence-corrected chi connectivity index (χ4v) is 4.58. The number of rotatable bonds is 9. The zero-order valence-electron chi connectivity index (χ0n) is 17.3. The molecule has 0 unspecified atom stereocenters. The molecule has 0 aromatic heterocycles. The maximum Gasteiger partial charge on any atom is 0.264 e. The summed E-state index contributed by atoms with van der Waals surface area (Å²) in [5.41, 5.74) is 1.72. The second kappa shape index (κ2) is 10.2. The van der Waals surface area contributed by atoms with Gasteiger partial charge in [-0.1, -0.05) is 43.7 Å². The molecule has 0 aliphatic heterocycles. The van der Waals surface area contributed by atoms with E-state index in [0.29, 0.717) is 17.8 Å². The molecule has 0 aliphatic rings. The van der Waals surface area contributed by atoms with Crippen molar-refractivity contribution in [3.05, 3.63) is 95.8 Å². The Morgan fingerprint density at radius 2 is 1.58 bits per heavy atom. The molecular formula is C24H25FN2O3S. The number of para-hydroxylation sites is 1. The van der Waals surface area contributed by atoms with Gasteiger partial charge in [-0.25, -0.2) is 12.8 Å². The summed E-state index contributed by atoms with van der Waals surface area (Å²) in [5, 5.41) is 2.75. The highest BCUT2D eigenvalue weighted by atomic mass is 32.2. The number of carbonyl (C=O) groups excluding carboxylic acids is 1. The number of hydrogen-bond acceptors (Lipinski definition) is 3. The Morgan fingerprint density at radius 3 is 2.19 bits per heavy atom. The van der Waals surface area contributed by atoms with E-state index in [9.17, 15) is 17.6 Å². The molecule has 0 spiro atoms. The Morgan fingerprint density at radius 1 is 0.935 bits per heavy atom. The summed E-state index contributed by atoms with van der Waals surface area (Å²) < 4.78 is 40.9. The van der Waals surface area contributed by atoms with Gasteiger partial charge in [-0.05, 0) is 60.5 Å². The summed E-state index contributed by atoms with van der Waals surface area (Å²) in [6.45, 7) is 2.63. The standard InChI is InChI=1S/C24H25FN2O3S/c1-2-3-17-27(22-7-5-4-6-8-22)31(29,30)23-15-11-20(12-16-23)24(28)26-18-19-9-13-21(25)14-10-19/h4-16H,2-3,17-18H2,1H3,(H,26,28). The first-order valence-electron chi connectivity index (χ1n) is 10.1. The lowest BCUT2D eigenvalue weighted by Gasteiger charge is -2.24. The molecule has 0 heterocycles. The average molecular weight is 441 g/mol. The highest BCUT2D eigenvalue weighted by Crippen LogP contribution is 2.24. The predicted octanol–water partition coefficient (Wildman–Crippen LogP) is 4.75. The maximum absolute atomic E-state index is 13.3. The largest absolute Gasteiger partial charge is 0.348 e. The third-order valence-corrected chi connectivity index (χ3v) is 6.67. The van der Waals surface area contributed by atoms with Gasteiger partial charge in [0.05, 0.1) is 10.6 Å². The normalized spacial score (nSPS) is 11.2. The predicted molar refractivity (Wildman–Crippen MR) is 120 cm³/mol. The number of unbranched alkanes of at least 4 members (excludes halogenated alkanes) is 1. The summed E-state index contributed by atoms with van der Waals surface area (Å²) in [6.07, 6.45) is 1.60. The van der Waals surface area contributed by atoms with E-state index in [1.54, 1.807) is 36.4 Å². The van der Waals surface area contributed by atoms with Crippen molar-refractivity contribution < 1.29 is 17.6 Å². The number of amides is 1. The molecule has 0 bridgehead atoms. The van der Waals surface area contributed by atoms with Crippen molar-refractivity contribution in [3.8, 4) is 0 Å². The van der Waals surface area contributed by atoms with Crippen molar-refractivity contribution in [2.45, 2.75) is 31.2 Å². The van der Waals surface area contributed by atoms with Crippen molar-refractivity contribution in [3.63, 3.8) is 0 Å². The van der Waals surface area contributed by atoms with Crippen LogP contribution in [0.25, 0.3) is 0 Å². The molecule has 0 saturated carbocycles. The van der Waals surface area contributed by atoms with Crippen LogP contribution in [-0.2, 0) is 16.6 Å². The lowest BCUT2D eigenvalue weighted by Crippen LogP contribution is -2.32. The van der Waals surface area contributed by atoms with E-state index >= 15 is 0 Å². The molecule has 3 aromatic carbocycles. The van der Waals surface area contributed by atoms with E-state index in [1.807, 2.05) is 13.0 Å². The van der Waals surface area contributed by atoms with Gasteiger partial charge < -0.3 is 5.32 Å². The van der Waals surface area contributed by atoms with Crippen LogP contribution in [0.5, 0.6) is 0 Å². The summed E-state index contributed by atoms with van der Waals surface area (Å²) in [6, 6.07) is 20.7. The van der Waals surface area contributed by atoms with E-state index in [4.69, 9.17) is 0 Å². The van der Waals surface area contributed by atoms with E-state index in [-0.39, 0.29) is 23.2 Å². The summed E-state index contributed by atoms with van der Waals surface area (Å²) in [5.74, 6) is -0.672. The minimum atomic E-state index is -3.76. The Bertz CT molecular complexity index is 1100. The van der Waals surface area contributed by atoms with Crippen LogP contribution in [0, 0.1) is 5.82 Å². The van der Waals surface area contributed by atoms with Gasteiger partial charge in [0.25, 0.3) is 15.9 Å². The van der Waals surface area contributed by atoms with Gasteiger partial charge in [0, 0.05) is 18.7 Å². The minimum absolute atomic E-state index is 0.127. The molecule has 3 rings (SSSR count). The van der Waals surface area contributed by atoms with Crippen molar-refractivity contribution in [2.75, 3.05) is 10.8 Å². The molecule has 162 valence electrons. The van der Waals surface area contributed by atoms with E-state index in [0.717, 1.165) is 18.4 Å². The smallest absolute Gasteiger partial charge is 0.264 e. The second-order valence-electron chi connectivity index (χ2n) is 7.10. The molecule has 0 radical (unpaired) electrons. The van der Waals surface area contributed by atoms with Crippen LogP contribution < -0.4 is 9.62 Å². The topological polar surface area (TPSA) is 66.5 Å². The first kappa shape index (κ1) is 22.5. The minimum Gasteiger partial charge on any atom is -0.348 e. The van der Waals surface area contributed by atoms with Crippen molar-refractivity contribution in [2.24, 2.45) is 0 Å². The third kappa shape index (κ3) is 5.70. The number of carbonyl (C=O) groups is 1. The number of anilines is 1. The summed E-state index contributed by atoms with van der Waals surface area (Å²) in [4.78, 5) is 12.5. The molecule has 1 N–H and O–H groups in total. The lowest BCUT2D eigenvalue weighted by atomic mass is 10.2. The number of nitrogens with one attached hydrogen (secondary N) is 1. The van der Waals surface area contributed by atoms with Gasteiger partial charge in [0.2, 0.25) is 0 Å². The zero-order chi connectivity index (χ0) is 22.3. The molecule has 5 nitrogen and oxygen atoms in total. The fraction of sp³-hybridized carbons (Fsp3) is 0.208. The first-order valence-corrected chi connectivity index (χ1v) is 11.6. The molecule has 0 aliphatic carbocycles. The van der Waals surface area contributed by atoms with Gasteiger partial charge in [-0.2, -0.15) is 0 Å². The van der Waals surface area contributed by atoms with Gasteiger partial charge in [-0.15, -0.1) is 0 Å². The van der Waals surface area contributed by atoms with Gasteiger partial charge in [0.15, 0.2) is 0 Å². The molecule has 0 fully saturated rings. The van der Waals surface area contributed by atoms with Crippen molar-refractivity contribution >= 4 is 21.6 Å². The number of benzene rings is 3. The molecule has 1 amide bonds. The molecule has 0 atom stereocenters. The van der Waals surface area contributed by atoms with Gasteiger partial charge in [-0.3, -0.25) is 9.10 Å². The monoisotopic (exact) mass is 440 g/mol. The molecule has 3 aromatic rings. The Hall–Kier alpha value is -3.19. The van der Waals surface area contributed by atoms with Crippen LogP contribution in [-0.4, -0.2) is 20.9 Å². The Balaban J connectivity index is 1.75. The van der Waals surface area contributed by atoms with Gasteiger partial charge >= 0.3 is 0 Å². The number of hydrogen-bond donors (Lipinski definition) is 1. The Labute approximate surface area is 182 Å². The number of halogens is 1. The van der Waals surface area contributed by atoms with Crippen LogP contribution >= 0.6 is 0 Å². The first-order chi connectivity index (χ1) is 14.9. The number of nitrogens with zero attached hydrogens (tertiary/aromatic N) is 1. The van der Waals surface area contributed by atoms with Crippen LogP contribution in [0.1, 0.15) is 35.7 Å². The van der Waals surface area contributed by atoms with E-state index < -0.39 is 10.0 Å². The average Bonchev–Trinajstić information content (AvgIpc) is 2.79. The summed E-state index contributed by atoms with van der Waals surface area (Å²) >= 11 is 0. The maximum atomic E-state index is 13.3. The van der Waals surface area contributed by atoms with Crippen LogP contribution in [0.4, 0.5) is 10.1 Å². The van der Waals surface area contributed by atoms with Crippen LogP contribution in [0.15, 0.2) is 83.8 Å². The summed E-state index contributed by atoms with van der Waals surface area (Å²) in [7, 11) is -3.76. The van der Waals surface area contributed by atoms with E-state index in [1.165, 1.54) is 40.7 Å². The molecule has 7 heteroatoms. The molecular weight excluding hydrogens is 415 g/mol. The van der Waals surface area contributed by atoms with Crippen molar-refractivity contribution in [1.29, 1.82) is 0 Å². The van der Waals surface area contributed by atoms with Gasteiger partial charge in [0.1, 0.15) is 5.82 Å². The highest BCUT2D eigenvalue weighted by molar-refractivity contribution is 7.92. The molecule has 0 saturated heterocycles. The Kier molecular flexibility index (Phi) is 7.41. The number of sulfonamides is 1. The second-order valence-corrected chi connectivity index (χ2v) is 8.96. The SMILES string of the molecule is CCCCN(c1ccccc1)S(=O)(=O)c1ccc(C(=O)NCc2ccc(F)cc2)cc1.